The maximum absolute atomic E-state index is 6.21. The molecule has 0 radical (unpaired) electrons. The lowest BCUT2D eigenvalue weighted by Gasteiger charge is -2.49. The lowest BCUT2D eigenvalue weighted by molar-refractivity contribution is -0.0406. The zero-order valence-corrected chi connectivity index (χ0v) is 11.9. The predicted octanol–water partition coefficient (Wildman–Crippen LogP) is 3.70. The van der Waals surface area contributed by atoms with Gasteiger partial charge in [0.25, 0.3) is 0 Å². The van der Waals surface area contributed by atoms with Gasteiger partial charge < -0.3 is 10.5 Å². The van der Waals surface area contributed by atoms with Gasteiger partial charge >= 0.3 is 0 Å². The molecule has 2 heteroatoms. The van der Waals surface area contributed by atoms with Crippen LogP contribution in [0.5, 0.6) is 5.75 Å². The molecule has 0 aromatic heterocycles. The molecule has 3 unspecified atom stereocenters. The van der Waals surface area contributed by atoms with Gasteiger partial charge in [0.2, 0.25) is 0 Å². The van der Waals surface area contributed by atoms with Gasteiger partial charge in [-0.05, 0) is 24.0 Å². The third-order valence-corrected chi connectivity index (χ3v) is 4.59. The fraction of sp³-hybridized carbons (Fsp3) is 0.625. The van der Waals surface area contributed by atoms with Crippen molar-refractivity contribution in [2.75, 3.05) is 0 Å². The van der Waals surface area contributed by atoms with E-state index in [9.17, 15) is 0 Å². The number of ether oxygens (including phenoxy) is 1. The van der Waals surface area contributed by atoms with E-state index in [-0.39, 0.29) is 17.6 Å². The summed E-state index contributed by atoms with van der Waals surface area (Å²) in [5, 5.41) is 0. The summed E-state index contributed by atoms with van der Waals surface area (Å²) in [5.41, 5.74) is 7.45. The Kier molecular flexibility index (Phi) is 3.67. The molecule has 0 spiro atoms. The van der Waals surface area contributed by atoms with Gasteiger partial charge in [-0.1, -0.05) is 45.9 Å². The van der Waals surface area contributed by atoms with Crippen molar-refractivity contribution in [2.24, 2.45) is 11.1 Å². The van der Waals surface area contributed by atoms with E-state index in [2.05, 4.69) is 45.9 Å². The number of rotatable bonds is 4. The second-order valence-electron chi connectivity index (χ2n) is 6.12. The van der Waals surface area contributed by atoms with E-state index in [0.717, 1.165) is 18.6 Å². The van der Waals surface area contributed by atoms with Crippen LogP contribution in [0.4, 0.5) is 0 Å². The van der Waals surface area contributed by atoms with Crippen LogP contribution in [0.2, 0.25) is 0 Å². The first kappa shape index (κ1) is 13.4. The first-order valence-electron chi connectivity index (χ1n) is 6.98. The monoisotopic (exact) mass is 247 g/mol. The summed E-state index contributed by atoms with van der Waals surface area (Å²) in [6.07, 6.45) is 2.34. The average Bonchev–Trinajstić information content (AvgIpc) is 2.38. The number of nitrogens with two attached hydrogens (primary N) is 1. The topological polar surface area (TPSA) is 35.2 Å². The van der Waals surface area contributed by atoms with E-state index in [4.69, 9.17) is 10.5 Å². The third kappa shape index (κ3) is 2.26. The highest BCUT2D eigenvalue weighted by Crippen LogP contribution is 2.43. The molecule has 1 fully saturated rings. The molecule has 18 heavy (non-hydrogen) atoms. The van der Waals surface area contributed by atoms with Gasteiger partial charge in [0.1, 0.15) is 11.9 Å². The summed E-state index contributed by atoms with van der Waals surface area (Å²) in [6, 6.07) is 8.66. The van der Waals surface area contributed by atoms with Gasteiger partial charge in [-0.15, -0.1) is 0 Å². The Morgan fingerprint density at radius 2 is 2.06 bits per heavy atom. The summed E-state index contributed by atoms with van der Waals surface area (Å²) >= 11 is 0. The fourth-order valence-corrected chi connectivity index (χ4v) is 2.48. The minimum absolute atomic E-state index is 0.0859. The molecule has 0 amide bonds. The molecule has 0 bridgehead atoms. The predicted molar refractivity (Wildman–Crippen MR) is 75.9 cm³/mol. The second kappa shape index (κ2) is 4.93. The van der Waals surface area contributed by atoms with Gasteiger partial charge in [0, 0.05) is 17.9 Å². The van der Waals surface area contributed by atoms with E-state index in [1.54, 1.807) is 0 Å². The third-order valence-electron chi connectivity index (χ3n) is 4.59. The smallest absolute Gasteiger partial charge is 0.123 e. The normalized spacial score (nSPS) is 27.4. The van der Waals surface area contributed by atoms with Gasteiger partial charge in [-0.25, -0.2) is 0 Å². The number of hydrogen-bond donors (Lipinski definition) is 1. The Balaban J connectivity index is 2.15. The van der Waals surface area contributed by atoms with Crippen molar-refractivity contribution < 1.29 is 4.74 Å². The van der Waals surface area contributed by atoms with Crippen LogP contribution in [0.15, 0.2) is 24.3 Å². The quantitative estimate of drug-likeness (QED) is 0.880. The highest BCUT2D eigenvalue weighted by atomic mass is 16.5. The molecule has 0 heterocycles. The van der Waals surface area contributed by atoms with E-state index < -0.39 is 0 Å². The molecule has 0 saturated heterocycles. The molecule has 1 saturated carbocycles. The Labute approximate surface area is 111 Å². The van der Waals surface area contributed by atoms with Crippen LogP contribution in [0.1, 0.15) is 52.0 Å². The molecule has 100 valence electrons. The van der Waals surface area contributed by atoms with E-state index >= 15 is 0 Å². The highest BCUT2D eigenvalue weighted by molar-refractivity contribution is 5.36. The molecule has 1 aliphatic rings. The van der Waals surface area contributed by atoms with Gasteiger partial charge in [-0.2, -0.15) is 0 Å². The Morgan fingerprint density at radius 3 is 2.61 bits per heavy atom. The van der Waals surface area contributed by atoms with E-state index in [1.165, 1.54) is 5.56 Å². The number of para-hydroxylation sites is 1. The molecule has 0 aliphatic heterocycles. The van der Waals surface area contributed by atoms with Crippen LogP contribution < -0.4 is 10.5 Å². The molecule has 1 aliphatic carbocycles. The zero-order valence-electron chi connectivity index (χ0n) is 11.9. The lowest BCUT2D eigenvalue weighted by atomic mass is 9.65. The summed E-state index contributed by atoms with van der Waals surface area (Å²) in [5.74, 6) is 1.58. The minimum Gasteiger partial charge on any atom is -0.489 e. The van der Waals surface area contributed by atoms with Crippen LogP contribution in [-0.4, -0.2) is 12.1 Å². The second-order valence-corrected chi connectivity index (χ2v) is 6.12. The summed E-state index contributed by atoms with van der Waals surface area (Å²) < 4.78 is 6.21. The van der Waals surface area contributed by atoms with Crippen LogP contribution in [0.3, 0.4) is 0 Å². The molecule has 2 rings (SSSR count). The number of hydrogen-bond acceptors (Lipinski definition) is 2. The van der Waals surface area contributed by atoms with Crippen molar-refractivity contribution in [3.8, 4) is 5.75 Å². The van der Waals surface area contributed by atoms with Gasteiger partial charge in [0.15, 0.2) is 0 Å². The maximum Gasteiger partial charge on any atom is 0.123 e. The summed E-state index contributed by atoms with van der Waals surface area (Å²) in [6.45, 7) is 8.85. The van der Waals surface area contributed by atoms with E-state index in [1.807, 2.05) is 6.07 Å². The summed E-state index contributed by atoms with van der Waals surface area (Å²) in [4.78, 5) is 0. The number of benzene rings is 1. The van der Waals surface area contributed by atoms with Crippen molar-refractivity contribution in [1.29, 1.82) is 0 Å². The molecule has 1 aromatic carbocycles. The van der Waals surface area contributed by atoms with Gasteiger partial charge in [-0.3, -0.25) is 0 Å². The first-order valence-corrected chi connectivity index (χ1v) is 6.98. The van der Waals surface area contributed by atoms with E-state index in [0.29, 0.717) is 5.92 Å². The standard InChI is InChI=1S/C16H25NO/c1-5-11(2)12-8-6-7-9-13(12)18-15-10-14(17)16(15,3)4/h6-9,11,14-15H,5,10,17H2,1-4H3. The van der Waals surface area contributed by atoms with Crippen molar-refractivity contribution in [3.63, 3.8) is 0 Å². The zero-order chi connectivity index (χ0) is 13.3. The largest absolute Gasteiger partial charge is 0.489 e. The van der Waals surface area contributed by atoms with Crippen molar-refractivity contribution in [2.45, 2.75) is 58.6 Å². The fourth-order valence-electron chi connectivity index (χ4n) is 2.48. The van der Waals surface area contributed by atoms with Crippen molar-refractivity contribution in [1.82, 2.24) is 0 Å². The highest BCUT2D eigenvalue weighted by Gasteiger charge is 2.48. The molecule has 3 atom stereocenters. The first-order chi connectivity index (χ1) is 8.46. The molecule has 2 N–H and O–H groups in total. The van der Waals surface area contributed by atoms with Crippen LogP contribution in [0, 0.1) is 5.41 Å². The van der Waals surface area contributed by atoms with Crippen LogP contribution in [0.25, 0.3) is 0 Å². The molecule has 1 aromatic rings. The molecule has 2 nitrogen and oxygen atoms in total. The SMILES string of the molecule is CCC(C)c1ccccc1OC1CC(N)C1(C)C. The summed E-state index contributed by atoms with van der Waals surface area (Å²) in [7, 11) is 0. The molecular formula is C16H25NO. The van der Waals surface area contributed by atoms with Crippen molar-refractivity contribution >= 4 is 0 Å². The Morgan fingerprint density at radius 1 is 1.39 bits per heavy atom. The average molecular weight is 247 g/mol. The van der Waals surface area contributed by atoms with Crippen LogP contribution >= 0.6 is 0 Å². The Hall–Kier alpha value is -1.02. The molecular weight excluding hydrogens is 222 g/mol. The lowest BCUT2D eigenvalue weighted by Crippen LogP contribution is -2.60. The minimum atomic E-state index is 0.0859. The van der Waals surface area contributed by atoms with Crippen LogP contribution in [-0.2, 0) is 0 Å². The van der Waals surface area contributed by atoms with Gasteiger partial charge in [0.05, 0.1) is 0 Å². The maximum atomic E-state index is 6.21. The Bertz CT molecular complexity index is 413. The van der Waals surface area contributed by atoms with Crippen molar-refractivity contribution in [3.05, 3.63) is 29.8 Å².